The molecule has 1 aliphatic rings. The van der Waals surface area contributed by atoms with Gasteiger partial charge >= 0.3 is 0 Å². The van der Waals surface area contributed by atoms with Crippen LogP contribution in [0.1, 0.15) is 12.0 Å². The summed E-state index contributed by atoms with van der Waals surface area (Å²) in [6.45, 7) is 0.868. The van der Waals surface area contributed by atoms with Crippen LogP contribution in [0.2, 0.25) is 0 Å². The molecule has 134 valence electrons. The molecule has 9 heteroatoms. The molecule has 1 saturated heterocycles. The average molecular weight is 376 g/mol. The van der Waals surface area contributed by atoms with Gasteiger partial charge in [-0.1, -0.05) is 17.4 Å². The van der Waals surface area contributed by atoms with Crippen LogP contribution >= 0.6 is 11.3 Å². The minimum absolute atomic E-state index is 0.139. The van der Waals surface area contributed by atoms with Crippen LogP contribution in [0.5, 0.6) is 5.88 Å². The molecule has 0 aliphatic carbocycles. The Bertz CT molecular complexity index is 887. The zero-order chi connectivity index (χ0) is 17.9. The number of aromatic nitrogens is 3. The highest BCUT2D eigenvalue weighted by atomic mass is 32.1. The number of thiazole rings is 1. The number of anilines is 2. The second-order valence-corrected chi connectivity index (χ2v) is 6.60. The molecular formula is C17H14F2N4O2S. The predicted octanol–water partition coefficient (Wildman–Crippen LogP) is 4.06. The van der Waals surface area contributed by atoms with E-state index in [2.05, 4.69) is 20.3 Å². The molecule has 4 rings (SSSR count). The van der Waals surface area contributed by atoms with E-state index < -0.39 is 6.43 Å². The van der Waals surface area contributed by atoms with Crippen molar-refractivity contribution < 1.29 is 18.3 Å². The van der Waals surface area contributed by atoms with Gasteiger partial charge in [-0.3, -0.25) is 4.98 Å². The Hall–Kier alpha value is -2.65. The summed E-state index contributed by atoms with van der Waals surface area (Å²) in [6.07, 6.45) is 0.594. The zero-order valence-corrected chi connectivity index (χ0v) is 14.2. The van der Waals surface area contributed by atoms with E-state index in [9.17, 15) is 8.78 Å². The van der Waals surface area contributed by atoms with Crippen LogP contribution in [0.4, 0.5) is 19.7 Å². The molecule has 0 spiro atoms. The van der Waals surface area contributed by atoms with E-state index in [4.69, 9.17) is 9.47 Å². The fraction of sp³-hybridized carbons (Fsp3) is 0.235. The van der Waals surface area contributed by atoms with Crippen molar-refractivity contribution in [2.75, 3.05) is 18.5 Å². The molecule has 1 aliphatic heterocycles. The van der Waals surface area contributed by atoms with Gasteiger partial charge in [0.2, 0.25) is 5.88 Å². The number of alkyl halides is 2. The summed E-state index contributed by atoms with van der Waals surface area (Å²) in [7, 11) is 0. The van der Waals surface area contributed by atoms with Crippen LogP contribution in [0.15, 0.2) is 42.7 Å². The molecule has 0 saturated carbocycles. The molecule has 4 heterocycles. The molecule has 0 amide bonds. The molecule has 0 radical (unpaired) electrons. The molecule has 0 atom stereocenters. The van der Waals surface area contributed by atoms with Gasteiger partial charge in [0, 0.05) is 24.0 Å². The van der Waals surface area contributed by atoms with Crippen molar-refractivity contribution in [3.8, 4) is 16.5 Å². The Morgan fingerprint density at radius 3 is 2.81 bits per heavy atom. The van der Waals surface area contributed by atoms with E-state index in [1.54, 1.807) is 12.4 Å². The lowest BCUT2D eigenvalue weighted by molar-refractivity contribution is -0.0813. The lowest BCUT2D eigenvalue weighted by Crippen LogP contribution is -2.38. The predicted molar refractivity (Wildman–Crippen MR) is 93.1 cm³/mol. The highest BCUT2D eigenvalue weighted by Gasteiger charge is 2.22. The molecule has 1 N–H and O–H groups in total. The standard InChI is InChI=1S/C17H14F2N4O2S/c18-16(19)10-5-14(22-15(6-10)25-11-8-24-9-11)23-17-21-7-13(26-17)12-3-1-2-4-20-12/h1-7,11,16H,8-9H2,(H,21,22,23). The molecule has 6 nitrogen and oxygen atoms in total. The van der Waals surface area contributed by atoms with Gasteiger partial charge in [-0.15, -0.1) is 0 Å². The SMILES string of the molecule is FC(F)c1cc(Nc2ncc(-c3ccccn3)s2)nc(OC2COC2)c1. The smallest absolute Gasteiger partial charge is 0.264 e. The molecule has 3 aromatic rings. The molecule has 0 bridgehead atoms. The van der Waals surface area contributed by atoms with Crippen molar-refractivity contribution in [1.82, 2.24) is 15.0 Å². The number of nitrogens with one attached hydrogen (secondary N) is 1. The van der Waals surface area contributed by atoms with Crippen molar-refractivity contribution >= 4 is 22.3 Å². The van der Waals surface area contributed by atoms with E-state index in [0.717, 1.165) is 10.6 Å². The number of pyridine rings is 2. The van der Waals surface area contributed by atoms with Crippen LogP contribution in [0.25, 0.3) is 10.6 Å². The normalized spacial score (nSPS) is 14.3. The van der Waals surface area contributed by atoms with Gasteiger partial charge in [-0.2, -0.15) is 4.98 Å². The average Bonchev–Trinajstić information content (AvgIpc) is 3.07. The first-order valence-corrected chi connectivity index (χ1v) is 8.68. The van der Waals surface area contributed by atoms with Crippen LogP contribution in [0, 0.1) is 0 Å². The van der Waals surface area contributed by atoms with Gasteiger partial charge < -0.3 is 14.8 Å². The van der Waals surface area contributed by atoms with Crippen molar-refractivity contribution in [1.29, 1.82) is 0 Å². The number of nitrogens with zero attached hydrogens (tertiary/aromatic N) is 3. The van der Waals surface area contributed by atoms with E-state index in [0.29, 0.717) is 18.3 Å². The molecule has 1 fully saturated rings. The van der Waals surface area contributed by atoms with E-state index in [1.807, 2.05) is 18.2 Å². The monoisotopic (exact) mass is 376 g/mol. The van der Waals surface area contributed by atoms with Gasteiger partial charge in [0.15, 0.2) is 5.13 Å². The molecule has 26 heavy (non-hydrogen) atoms. The topological polar surface area (TPSA) is 69.2 Å². The maximum atomic E-state index is 13.2. The van der Waals surface area contributed by atoms with Gasteiger partial charge in [0.05, 0.1) is 23.8 Å². The second-order valence-electron chi connectivity index (χ2n) is 5.57. The van der Waals surface area contributed by atoms with Crippen molar-refractivity contribution in [2.24, 2.45) is 0 Å². The highest BCUT2D eigenvalue weighted by molar-refractivity contribution is 7.18. The number of halogens is 2. The largest absolute Gasteiger partial charge is 0.469 e. The lowest BCUT2D eigenvalue weighted by atomic mass is 10.2. The molecule has 0 aromatic carbocycles. The number of hydrogen-bond donors (Lipinski definition) is 1. The number of ether oxygens (including phenoxy) is 2. The summed E-state index contributed by atoms with van der Waals surface area (Å²) >= 11 is 1.36. The summed E-state index contributed by atoms with van der Waals surface area (Å²) in [5.41, 5.74) is 0.626. The van der Waals surface area contributed by atoms with Crippen molar-refractivity contribution in [2.45, 2.75) is 12.5 Å². The highest BCUT2D eigenvalue weighted by Crippen LogP contribution is 2.31. The van der Waals surface area contributed by atoms with Crippen molar-refractivity contribution in [3.05, 3.63) is 48.3 Å². The van der Waals surface area contributed by atoms with Crippen molar-refractivity contribution in [3.63, 3.8) is 0 Å². The van der Waals surface area contributed by atoms with Crippen LogP contribution in [0.3, 0.4) is 0 Å². The summed E-state index contributed by atoms with van der Waals surface area (Å²) in [4.78, 5) is 13.6. The summed E-state index contributed by atoms with van der Waals surface area (Å²) in [6, 6.07) is 8.13. The minimum atomic E-state index is -2.63. The first-order chi connectivity index (χ1) is 12.7. The Kier molecular flexibility index (Phi) is 4.72. The Morgan fingerprint density at radius 1 is 1.23 bits per heavy atom. The van der Waals surface area contributed by atoms with Gasteiger partial charge in [-0.05, 0) is 18.2 Å². The summed E-state index contributed by atoms with van der Waals surface area (Å²) in [5, 5.41) is 3.49. The third kappa shape index (κ3) is 3.78. The third-order valence-corrected chi connectivity index (χ3v) is 4.56. The van der Waals surface area contributed by atoms with E-state index in [-0.39, 0.29) is 23.4 Å². The fourth-order valence-electron chi connectivity index (χ4n) is 2.30. The maximum absolute atomic E-state index is 13.2. The van der Waals surface area contributed by atoms with Crippen LogP contribution < -0.4 is 10.1 Å². The zero-order valence-electron chi connectivity index (χ0n) is 13.4. The summed E-state index contributed by atoms with van der Waals surface area (Å²) in [5.74, 6) is 0.389. The Labute approximate surface area is 151 Å². The first-order valence-electron chi connectivity index (χ1n) is 7.86. The lowest BCUT2D eigenvalue weighted by Gasteiger charge is -2.26. The number of hydrogen-bond acceptors (Lipinski definition) is 7. The van der Waals surface area contributed by atoms with Gasteiger partial charge in [-0.25, -0.2) is 13.8 Å². The van der Waals surface area contributed by atoms with Crippen LogP contribution in [-0.2, 0) is 4.74 Å². The third-order valence-electron chi connectivity index (χ3n) is 3.63. The fourth-order valence-corrected chi connectivity index (χ4v) is 3.10. The van der Waals surface area contributed by atoms with Gasteiger partial charge in [0.1, 0.15) is 11.9 Å². The Morgan fingerprint density at radius 2 is 2.12 bits per heavy atom. The summed E-state index contributed by atoms with van der Waals surface area (Å²) < 4.78 is 36.9. The molecule has 3 aromatic heterocycles. The van der Waals surface area contributed by atoms with E-state index >= 15 is 0 Å². The maximum Gasteiger partial charge on any atom is 0.264 e. The number of rotatable bonds is 6. The van der Waals surface area contributed by atoms with Gasteiger partial charge in [0.25, 0.3) is 6.43 Å². The van der Waals surface area contributed by atoms with E-state index in [1.165, 1.54) is 23.5 Å². The van der Waals surface area contributed by atoms with Crippen LogP contribution in [-0.4, -0.2) is 34.3 Å². The first kappa shape index (κ1) is 16.8. The molecular weight excluding hydrogens is 362 g/mol. The molecule has 0 unspecified atom stereocenters. The second kappa shape index (κ2) is 7.30. The Balaban J connectivity index is 1.56. The minimum Gasteiger partial charge on any atom is -0.469 e. The quantitative estimate of drug-likeness (QED) is 0.700.